The highest BCUT2D eigenvalue weighted by molar-refractivity contribution is 6.06. The van der Waals surface area contributed by atoms with Gasteiger partial charge in [0.05, 0.1) is 6.61 Å². The zero-order chi connectivity index (χ0) is 15.0. The molecule has 0 unspecified atom stereocenters. The van der Waals surface area contributed by atoms with Crippen LogP contribution in [0.2, 0.25) is 0 Å². The SMILES string of the molecule is CCOC(=O)[C@@]12C(=O)Oc3ccccc3[C@@H]1CCC=C2C. The van der Waals surface area contributed by atoms with Gasteiger partial charge in [0.2, 0.25) is 0 Å². The molecule has 4 nitrogen and oxygen atoms in total. The lowest BCUT2D eigenvalue weighted by Crippen LogP contribution is -2.52. The van der Waals surface area contributed by atoms with E-state index in [9.17, 15) is 9.59 Å². The third-order valence-corrected chi connectivity index (χ3v) is 4.47. The zero-order valence-corrected chi connectivity index (χ0v) is 12.2. The number of esters is 2. The molecule has 21 heavy (non-hydrogen) atoms. The van der Waals surface area contributed by atoms with E-state index in [4.69, 9.17) is 9.47 Å². The van der Waals surface area contributed by atoms with Crippen LogP contribution in [0.4, 0.5) is 0 Å². The number of ether oxygens (including phenoxy) is 2. The van der Waals surface area contributed by atoms with Gasteiger partial charge < -0.3 is 9.47 Å². The molecule has 0 amide bonds. The molecule has 0 bridgehead atoms. The van der Waals surface area contributed by atoms with Crippen LogP contribution in [0.15, 0.2) is 35.9 Å². The molecule has 1 aliphatic carbocycles. The van der Waals surface area contributed by atoms with Crippen molar-refractivity contribution in [2.75, 3.05) is 6.61 Å². The van der Waals surface area contributed by atoms with E-state index in [1.54, 1.807) is 13.0 Å². The van der Waals surface area contributed by atoms with Crippen molar-refractivity contribution in [1.29, 1.82) is 0 Å². The van der Waals surface area contributed by atoms with Crippen LogP contribution in [0.3, 0.4) is 0 Å². The van der Waals surface area contributed by atoms with E-state index in [0.717, 1.165) is 24.0 Å². The van der Waals surface area contributed by atoms with Crippen LogP contribution in [0.5, 0.6) is 5.75 Å². The van der Waals surface area contributed by atoms with E-state index >= 15 is 0 Å². The van der Waals surface area contributed by atoms with Crippen LogP contribution >= 0.6 is 0 Å². The smallest absolute Gasteiger partial charge is 0.333 e. The van der Waals surface area contributed by atoms with Gasteiger partial charge in [-0.3, -0.25) is 9.59 Å². The van der Waals surface area contributed by atoms with Crippen LogP contribution in [0.1, 0.15) is 38.2 Å². The molecule has 1 aromatic rings. The molecule has 0 saturated heterocycles. The first-order chi connectivity index (χ1) is 10.1. The molecule has 1 heterocycles. The van der Waals surface area contributed by atoms with Gasteiger partial charge in [-0.05, 0) is 38.3 Å². The van der Waals surface area contributed by atoms with Crippen molar-refractivity contribution < 1.29 is 19.1 Å². The summed E-state index contributed by atoms with van der Waals surface area (Å²) in [6.45, 7) is 3.81. The van der Waals surface area contributed by atoms with Gasteiger partial charge in [0.25, 0.3) is 0 Å². The highest BCUT2D eigenvalue weighted by atomic mass is 16.6. The fourth-order valence-electron chi connectivity index (χ4n) is 3.48. The number of fused-ring (bicyclic) bond motifs is 3. The lowest BCUT2D eigenvalue weighted by Gasteiger charge is -2.43. The fourth-order valence-corrected chi connectivity index (χ4v) is 3.48. The van der Waals surface area contributed by atoms with Crippen molar-refractivity contribution in [2.24, 2.45) is 5.41 Å². The van der Waals surface area contributed by atoms with Gasteiger partial charge >= 0.3 is 11.9 Å². The number of carbonyl (C=O) groups is 2. The number of carbonyl (C=O) groups excluding carboxylic acids is 2. The van der Waals surface area contributed by atoms with Crippen LogP contribution in [-0.4, -0.2) is 18.5 Å². The second-order valence-corrected chi connectivity index (χ2v) is 5.47. The van der Waals surface area contributed by atoms with Gasteiger partial charge in [0.1, 0.15) is 5.75 Å². The Morgan fingerprint density at radius 3 is 2.95 bits per heavy atom. The van der Waals surface area contributed by atoms with Crippen molar-refractivity contribution >= 4 is 11.9 Å². The second kappa shape index (κ2) is 5.02. The summed E-state index contributed by atoms with van der Waals surface area (Å²) in [5.74, 6) is -0.665. The van der Waals surface area contributed by atoms with Crippen LogP contribution < -0.4 is 4.74 Å². The molecule has 1 aliphatic heterocycles. The maximum Gasteiger partial charge on any atom is 0.333 e. The molecule has 0 fully saturated rings. The van der Waals surface area contributed by atoms with Gasteiger partial charge in [0.15, 0.2) is 5.41 Å². The van der Waals surface area contributed by atoms with Crippen molar-refractivity contribution in [1.82, 2.24) is 0 Å². The largest absolute Gasteiger partial charge is 0.465 e. The molecule has 0 spiro atoms. The summed E-state index contributed by atoms with van der Waals surface area (Å²) >= 11 is 0. The molecule has 2 aliphatic rings. The van der Waals surface area contributed by atoms with E-state index in [1.807, 2.05) is 31.2 Å². The first kappa shape index (κ1) is 13.9. The molecule has 110 valence electrons. The van der Waals surface area contributed by atoms with E-state index < -0.39 is 17.4 Å². The van der Waals surface area contributed by atoms with Crippen LogP contribution in [0, 0.1) is 5.41 Å². The molecule has 0 aromatic heterocycles. The average molecular weight is 286 g/mol. The third-order valence-electron chi connectivity index (χ3n) is 4.47. The molecule has 3 rings (SSSR count). The quantitative estimate of drug-likeness (QED) is 0.363. The van der Waals surface area contributed by atoms with Gasteiger partial charge in [-0.15, -0.1) is 0 Å². The number of benzene rings is 1. The predicted octanol–water partition coefficient (Wildman–Crippen LogP) is 2.98. The Labute approximate surface area is 123 Å². The number of hydrogen-bond donors (Lipinski definition) is 0. The molecule has 0 N–H and O–H groups in total. The topological polar surface area (TPSA) is 52.6 Å². The van der Waals surface area contributed by atoms with Crippen molar-refractivity contribution in [3.8, 4) is 5.75 Å². The zero-order valence-electron chi connectivity index (χ0n) is 12.2. The molecule has 0 saturated carbocycles. The Bertz CT molecular complexity index is 631. The summed E-state index contributed by atoms with van der Waals surface area (Å²) < 4.78 is 10.7. The van der Waals surface area contributed by atoms with Crippen LogP contribution in [0.25, 0.3) is 0 Å². The van der Waals surface area contributed by atoms with Gasteiger partial charge in [-0.1, -0.05) is 24.3 Å². The Morgan fingerprint density at radius 1 is 1.43 bits per heavy atom. The van der Waals surface area contributed by atoms with E-state index in [2.05, 4.69) is 0 Å². The minimum absolute atomic E-state index is 0.209. The molecular weight excluding hydrogens is 268 g/mol. The summed E-state index contributed by atoms with van der Waals surface area (Å²) in [6, 6.07) is 7.44. The number of hydrogen-bond acceptors (Lipinski definition) is 4. The summed E-state index contributed by atoms with van der Waals surface area (Å²) in [6.07, 6.45) is 3.53. The maximum atomic E-state index is 12.7. The van der Waals surface area contributed by atoms with Gasteiger partial charge in [0, 0.05) is 11.5 Å². The number of rotatable bonds is 2. The van der Waals surface area contributed by atoms with Crippen molar-refractivity contribution in [3.63, 3.8) is 0 Å². The molecule has 1 aromatic carbocycles. The van der Waals surface area contributed by atoms with E-state index in [0.29, 0.717) is 5.75 Å². The Hall–Kier alpha value is -2.10. The lowest BCUT2D eigenvalue weighted by atomic mass is 9.62. The first-order valence-corrected chi connectivity index (χ1v) is 7.28. The van der Waals surface area contributed by atoms with Crippen molar-refractivity contribution in [3.05, 3.63) is 41.5 Å². The van der Waals surface area contributed by atoms with Gasteiger partial charge in [-0.25, -0.2) is 0 Å². The van der Waals surface area contributed by atoms with E-state index in [-0.39, 0.29) is 12.5 Å². The summed E-state index contributed by atoms with van der Waals surface area (Å²) in [7, 11) is 0. The average Bonchev–Trinajstić information content (AvgIpc) is 2.47. The fraction of sp³-hybridized carbons (Fsp3) is 0.412. The normalized spacial score (nSPS) is 27.0. The van der Waals surface area contributed by atoms with E-state index in [1.165, 1.54) is 0 Å². The summed E-state index contributed by atoms with van der Waals surface area (Å²) in [4.78, 5) is 25.3. The lowest BCUT2D eigenvalue weighted by molar-refractivity contribution is -0.167. The monoisotopic (exact) mass is 286 g/mol. The minimum atomic E-state index is -1.32. The maximum absolute atomic E-state index is 12.7. The Balaban J connectivity index is 2.20. The molecule has 0 radical (unpaired) electrons. The summed E-state index contributed by atoms with van der Waals surface area (Å²) in [5.41, 5.74) is 0.331. The minimum Gasteiger partial charge on any atom is -0.465 e. The molecule has 2 atom stereocenters. The third kappa shape index (κ3) is 1.82. The molecule has 4 heteroatoms. The van der Waals surface area contributed by atoms with Gasteiger partial charge in [-0.2, -0.15) is 0 Å². The highest BCUT2D eigenvalue weighted by Crippen LogP contribution is 2.54. The standard InChI is InChI=1S/C17H18O4/c1-3-20-15(18)17-11(2)7-6-9-13(17)12-8-4-5-10-14(12)21-16(17)19/h4-5,7-8,10,13H,3,6,9H2,1-2H3/t13-,17-/m0/s1. The Morgan fingerprint density at radius 2 is 2.19 bits per heavy atom. The van der Waals surface area contributed by atoms with Crippen LogP contribution in [-0.2, 0) is 14.3 Å². The highest BCUT2D eigenvalue weighted by Gasteiger charge is 2.60. The first-order valence-electron chi connectivity index (χ1n) is 7.28. The summed E-state index contributed by atoms with van der Waals surface area (Å²) in [5, 5.41) is 0. The van der Waals surface area contributed by atoms with Crippen molar-refractivity contribution in [2.45, 2.75) is 32.6 Å². The Kier molecular flexibility index (Phi) is 3.32. The molecular formula is C17H18O4. The number of para-hydroxylation sites is 1. The number of allylic oxidation sites excluding steroid dienone is 1. The second-order valence-electron chi connectivity index (χ2n) is 5.47. The predicted molar refractivity (Wildman–Crippen MR) is 76.9 cm³/mol.